The van der Waals surface area contributed by atoms with Crippen LogP contribution in [0.1, 0.15) is 53.4 Å². The normalized spacial score (nSPS) is 25.4. The summed E-state index contributed by atoms with van der Waals surface area (Å²) in [6.45, 7) is 12.1. The molecule has 6 heterocycles. The van der Waals surface area contributed by atoms with Crippen molar-refractivity contribution in [2.24, 2.45) is 0 Å². The van der Waals surface area contributed by atoms with Crippen LogP contribution in [0.15, 0.2) is 48.7 Å². The highest BCUT2D eigenvalue weighted by Gasteiger charge is 2.48. The van der Waals surface area contributed by atoms with Crippen molar-refractivity contribution >= 4 is 40.7 Å². The van der Waals surface area contributed by atoms with Crippen LogP contribution in [0.2, 0.25) is 0 Å². The minimum absolute atomic E-state index is 0. The maximum Gasteiger partial charge on any atom is 0.229 e. The first-order chi connectivity index (χ1) is 20.7. The molecule has 0 radical (unpaired) electrons. The van der Waals surface area contributed by atoms with E-state index in [1.165, 1.54) is 5.69 Å². The molecule has 1 amide bonds. The topological polar surface area (TPSA) is 90.0 Å². The molecule has 0 aliphatic carbocycles. The Labute approximate surface area is 255 Å². The number of ether oxygens (including phenoxy) is 1. The lowest BCUT2D eigenvalue weighted by atomic mass is 9.74. The molecule has 3 saturated heterocycles. The van der Waals surface area contributed by atoms with Crippen LogP contribution in [0, 0.1) is 0 Å². The molecule has 3 fully saturated rings. The van der Waals surface area contributed by atoms with E-state index >= 15 is 0 Å². The van der Waals surface area contributed by atoms with Crippen LogP contribution in [-0.2, 0) is 14.9 Å². The van der Waals surface area contributed by atoms with Gasteiger partial charge in [-0.25, -0.2) is 9.97 Å². The van der Waals surface area contributed by atoms with Crippen LogP contribution in [0.4, 0.5) is 34.8 Å². The van der Waals surface area contributed by atoms with Crippen molar-refractivity contribution in [2.75, 3.05) is 66.4 Å². The van der Waals surface area contributed by atoms with E-state index in [1.807, 2.05) is 24.4 Å². The van der Waals surface area contributed by atoms with Gasteiger partial charge in [0.2, 0.25) is 11.9 Å². The van der Waals surface area contributed by atoms with Crippen molar-refractivity contribution in [1.82, 2.24) is 19.9 Å². The fraction of sp³-hybridized carbons (Fsp3) is 0.515. The first-order valence-corrected chi connectivity index (χ1v) is 15.6. The summed E-state index contributed by atoms with van der Waals surface area (Å²) in [7, 11) is 2.18. The van der Waals surface area contributed by atoms with Crippen molar-refractivity contribution < 1.29 is 11.0 Å². The van der Waals surface area contributed by atoms with Crippen LogP contribution in [-0.4, -0.2) is 83.8 Å². The van der Waals surface area contributed by atoms with Gasteiger partial charge in [-0.3, -0.25) is 9.69 Å². The van der Waals surface area contributed by atoms with Gasteiger partial charge in [-0.05, 0) is 76.6 Å². The monoisotopic (exact) mass is 584 g/mol. The summed E-state index contributed by atoms with van der Waals surface area (Å²) in [6.07, 6.45) is 5.13. The van der Waals surface area contributed by atoms with Gasteiger partial charge >= 0.3 is 0 Å². The molecule has 3 aromatic rings. The predicted octanol–water partition coefficient (Wildman–Crippen LogP) is 5.11. The SMILES string of the molecule is CN1CCN(c2ccc(Nc3ncc4c(n3)N(c3cccc(N5CCCC5=O)n3)[C@@H]3CC(C)(C)OC[C@@]4(C)C3)cc2)CC1.[HH]. The maximum atomic E-state index is 12.6. The molecule has 4 aliphatic heterocycles. The number of anilines is 6. The number of carbonyl (C=O) groups excluding carboxylic acids is 1. The van der Waals surface area contributed by atoms with Gasteiger partial charge in [-0.1, -0.05) is 13.0 Å². The largest absolute Gasteiger partial charge is 0.375 e. The molecule has 228 valence electrons. The summed E-state index contributed by atoms with van der Waals surface area (Å²) in [4.78, 5) is 36.4. The lowest BCUT2D eigenvalue weighted by Gasteiger charge is -2.44. The fourth-order valence-electron chi connectivity index (χ4n) is 7.05. The third kappa shape index (κ3) is 5.42. The molecular formula is C33H44N8O2. The van der Waals surface area contributed by atoms with Gasteiger partial charge in [0.05, 0.1) is 12.2 Å². The van der Waals surface area contributed by atoms with E-state index in [-0.39, 0.29) is 24.4 Å². The van der Waals surface area contributed by atoms with E-state index in [4.69, 9.17) is 19.7 Å². The lowest BCUT2D eigenvalue weighted by molar-refractivity contribution is -0.117. The smallest absolute Gasteiger partial charge is 0.229 e. The molecule has 2 aromatic heterocycles. The third-order valence-corrected chi connectivity index (χ3v) is 9.52. The van der Waals surface area contributed by atoms with Crippen LogP contribution in [0.5, 0.6) is 0 Å². The molecule has 0 saturated carbocycles. The number of fused-ring (bicyclic) bond motifs is 4. The second-order valence-electron chi connectivity index (χ2n) is 13.4. The third-order valence-electron chi connectivity index (χ3n) is 9.52. The Balaban J connectivity index is 0.00000343. The van der Waals surface area contributed by atoms with Crippen LogP contribution in [0.3, 0.4) is 0 Å². The van der Waals surface area contributed by atoms with E-state index in [9.17, 15) is 4.79 Å². The van der Waals surface area contributed by atoms with Crippen molar-refractivity contribution in [3.05, 3.63) is 54.2 Å². The lowest BCUT2D eigenvalue weighted by Crippen LogP contribution is -2.45. The average molecular weight is 585 g/mol. The van der Waals surface area contributed by atoms with E-state index in [2.05, 4.69) is 72.1 Å². The van der Waals surface area contributed by atoms with Crippen molar-refractivity contribution in [2.45, 2.75) is 63.5 Å². The summed E-state index contributed by atoms with van der Waals surface area (Å²) in [5.41, 5.74) is 2.71. The zero-order chi connectivity index (χ0) is 29.8. The summed E-state index contributed by atoms with van der Waals surface area (Å²) in [5, 5.41) is 3.46. The van der Waals surface area contributed by atoms with Crippen molar-refractivity contribution in [3.8, 4) is 0 Å². The number of carbonyl (C=O) groups is 1. The molecule has 1 aromatic carbocycles. The quantitative estimate of drug-likeness (QED) is 0.440. The van der Waals surface area contributed by atoms with Gasteiger partial charge in [-0.15, -0.1) is 0 Å². The summed E-state index contributed by atoms with van der Waals surface area (Å²) in [5.74, 6) is 3.03. The number of nitrogens with zero attached hydrogens (tertiary/aromatic N) is 7. The fourth-order valence-corrected chi connectivity index (χ4v) is 7.05. The predicted molar refractivity (Wildman–Crippen MR) is 172 cm³/mol. The number of hydrogen-bond acceptors (Lipinski definition) is 9. The Morgan fingerprint density at radius 2 is 1.72 bits per heavy atom. The minimum atomic E-state index is -0.300. The van der Waals surface area contributed by atoms with Crippen LogP contribution >= 0.6 is 0 Å². The highest BCUT2D eigenvalue weighted by molar-refractivity contribution is 5.94. The van der Waals surface area contributed by atoms with Crippen molar-refractivity contribution in [1.29, 1.82) is 0 Å². The van der Waals surface area contributed by atoms with Gasteiger partial charge in [0.1, 0.15) is 17.5 Å². The highest BCUT2D eigenvalue weighted by atomic mass is 16.5. The number of benzene rings is 1. The second kappa shape index (κ2) is 10.7. The maximum absolute atomic E-state index is 12.6. The molecule has 1 N–H and O–H groups in total. The first kappa shape index (κ1) is 28.0. The molecule has 2 bridgehead atoms. The molecule has 7 rings (SSSR count). The van der Waals surface area contributed by atoms with E-state index in [1.54, 1.807) is 4.90 Å². The van der Waals surface area contributed by atoms with E-state index in [0.717, 1.165) is 68.3 Å². The van der Waals surface area contributed by atoms with Gasteiger partial charge in [0.15, 0.2) is 0 Å². The van der Waals surface area contributed by atoms with E-state index < -0.39 is 0 Å². The zero-order valence-corrected chi connectivity index (χ0v) is 25.7. The van der Waals surface area contributed by atoms with Crippen LogP contribution < -0.4 is 20.0 Å². The summed E-state index contributed by atoms with van der Waals surface area (Å²) in [6, 6.07) is 14.6. The number of nitrogens with one attached hydrogen (secondary N) is 1. The summed E-state index contributed by atoms with van der Waals surface area (Å²) < 4.78 is 6.48. The number of aromatic nitrogens is 3. The van der Waals surface area contributed by atoms with Gasteiger partial charge in [-0.2, -0.15) is 4.98 Å². The van der Waals surface area contributed by atoms with Crippen molar-refractivity contribution in [3.63, 3.8) is 0 Å². The Kier molecular flexibility index (Phi) is 7.01. The van der Waals surface area contributed by atoms with Gasteiger partial charge < -0.3 is 24.8 Å². The number of likely N-dealkylation sites (N-methyl/N-ethyl adjacent to an activating group) is 1. The number of rotatable bonds is 5. The molecular weight excluding hydrogens is 540 g/mol. The second-order valence-corrected chi connectivity index (χ2v) is 13.4. The summed E-state index contributed by atoms with van der Waals surface area (Å²) >= 11 is 0. The Bertz CT molecular complexity index is 1510. The van der Waals surface area contributed by atoms with Gasteiger partial charge in [0, 0.05) is 75.2 Å². The van der Waals surface area contributed by atoms with E-state index in [0.29, 0.717) is 31.3 Å². The Morgan fingerprint density at radius 3 is 2.47 bits per heavy atom. The first-order valence-electron chi connectivity index (χ1n) is 15.6. The molecule has 10 heteroatoms. The minimum Gasteiger partial charge on any atom is -0.375 e. The molecule has 2 atom stereocenters. The average Bonchev–Trinajstić information content (AvgIpc) is 3.38. The number of hydrogen-bond donors (Lipinski definition) is 1. The molecule has 0 spiro atoms. The zero-order valence-electron chi connectivity index (χ0n) is 25.7. The Hall–Kier alpha value is -3.76. The number of piperazine rings is 1. The molecule has 4 aliphatic rings. The molecule has 0 unspecified atom stereocenters. The molecule has 43 heavy (non-hydrogen) atoms. The number of pyridine rings is 1. The Morgan fingerprint density at radius 1 is 0.953 bits per heavy atom. The van der Waals surface area contributed by atoms with Gasteiger partial charge in [0.25, 0.3) is 0 Å². The number of amides is 1. The highest BCUT2D eigenvalue weighted by Crippen LogP contribution is 2.49. The molecule has 10 nitrogen and oxygen atoms in total. The van der Waals surface area contributed by atoms with Crippen LogP contribution in [0.25, 0.3) is 0 Å². The standard InChI is InChI=1S/C33H42N8O2.H2/c1-32(2)19-25-20-33(3,22-43-32)26-21-34-31(35-23-10-12-24(13-11-23)39-17-15-38(4)16-18-39)37-30(26)41(25)28-8-5-7-27(36-28)40-14-6-9-29(40)42;/h5,7-8,10-13,21,25H,6,9,14-20,22H2,1-4H3,(H,34,35,37);1H/t25-,33-;/m1./s1.